The van der Waals surface area contributed by atoms with Crippen LogP contribution in [0.15, 0.2) is 18.2 Å². The van der Waals surface area contributed by atoms with E-state index in [1.165, 1.54) is 6.07 Å². The molecule has 0 atom stereocenters. The Morgan fingerprint density at radius 3 is 2.50 bits per heavy atom. The first-order valence-electron chi connectivity index (χ1n) is 4.61. The molecule has 0 radical (unpaired) electrons. The molecule has 4 heteroatoms. The van der Waals surface area contributed by atoms with Gasteiger partial charge in [-0.15, -0.1) is 6.42 Å². The summed E-state index contributed by atoms with van der Waals surface area (Å²) in [5.41, 5.74) is -0.802. The number of hydrogen-bond acceptors (Lipinski definition) is 1. The highest BCUT2D eigenvalue weighted by molar-refractivity contribution is 5.94. The molecule has 1 aromatic rings. The number of rotatable bonds is 2. The predicted octanol–water partition coefficient (Wildman–Crippen LogP) is 2.11. The van der Waals surface area contributed by atoms with Crippen LogP contribution >= 0.6 is 0 Å². The topological polar surface area (TPSA) is 29.1 Å². The van der Waals surface area contributed by atoms with Gasteiger partial charge in [0.05, 0.1) is 5.54 Å². The maximum Gasteiger partial charge on any atom is 0.252 e. The van der Waals surface area contributed by atoms with Gasteiger partial charge in [-0.3, -0.25) is 4.79 Å². The van der Waals surface area contributed by atoms with Crippen molar-refractivity contribution >= 4 is 5.91 Å². The second-order valence-corrected chi connectivity index (χ2v) is 3.85. The van der Waals surface area contributed by atoms with Crippen LogP contribution in [-0.2, 0) is 0 Å². The van der Waals surface area contributed by atoms with Crippen molar-refractivity contribution in [2.75, 3.05) is 0 Å². The van der Waals surface area contributed by atoms with Crippen molar-refractivity contribution in [2.45, 2.75) is 19.4 Å². The number of carbonyl (C=O) groups excluding carboxylic acids is 1. The Hall–Kier alpha value is -1.89. The minimum Gasteiger partial charge on any atom is -0.336 e. The van der Waals surface area contributed by atoms with E-state index >= 15 is 0 Å². The number of halogens is 2. The quantitative estimate of drug-likeness (QED) is 0.764. The van der Waals surface area contributed by atoms with E-state index in [-0.39, 0.29) is 5.56 Å². The van der Waals surface area contributed by atoms with E-state index in [9.17, 15) is 13.6 Å². The monoisotopic (exact) mass is 223 g/mol. The van der Waals surface area contributed by atoms with Gasteiger partial charge in [-0.05, 0) is 32.0 Å². The van der Waals surface area contributed by atoms with E-state index in [0.29, 0.717) is 0 Å². The molecular formula is C12H11F2NO. The van der Waals surface area contributed by atoms with E-state index in [0.717, 1.165) is 12.1 Å². The first kappa shape index (κ1) is 12.2. The fourth-order valence-electron chi connectivity index (χ4n) is 1.03. The fraction of sp³-hybridized carbons (Fsp3) is 0.250. The first-order chi connectivity index (χ1) is 7.35. The molecule has 0 aliphatic rings. The summed E-state index contributed by atoms with van der Waals surface area (Å²) >= 11 is 0. The number of terminal acetylenes is 1. The van der Waals surface area contributed by atoms with Crippen LogP contribution in [0.25, 0.3) is 0 Å². The van der Waals surface area contributed by atoms with Crippen LogP contribution in [0, 0.1) is 24.0 Å². The second kappa shape index (κ2) is 4.31. The highest BCUT2D eigenvalue weighted by atomic mass is 19.2. The lowest BCUT2D eigenvalue weighted by Gasteiger charge is -2.19. The molecule has 1 N–H and O–H groups in total. The number of amides is 1. The third kappa shape index (κ3) is 2.80. The normalized spacial score (nSPS) is 10.7. The zero-order chi connectivity index (χ0) is 12.3. The van der Waals surface area contributed by atoms with Crippen LogP contribution in [0.1, 0.15) is 24.2 Å². The SMILES string of the molecule is C#CC(C)(C)NC(=O)c1ccc(F)c(F)c1. The van der Waals surface area contributed by atoms with Crippen molar-refractivity contribution in [1.29, 1.82) is 0 Å². The average Bonchev–Trinajstić information content (AvgIpc) is 2.21. The molecule has 0 fully saturated rings. The van der Waals surface area contributed by atoms with Crippen LogP contribution in [0.2, 0.25) is 0 Å². The highest BCUT2D eigenvalue weighted by Gasteiger charge is 2.18. The van der Waals surface area contributed by atoms with Gasteiger partial charge >= 0.3 is 0 Å². The van der Waals surface area contributed by atoms with Crippen molar-refractivity contribution in [3.05, 3.63) is 35.4 Å². The van der Waals surface area contributed by atoms with Crippen LogP contribution < -0.4 is 5.32 Å². The summed E-state index contributed by atoms with van der Waals surface area (Å²) in [6.07, 6.45) is 5.19. The van der Waals surface area contributed by atoms with Gasteiger partial charge in [-0.25, -0.2) is 8.78 Å². The van der Waals surface area contributed by atoms with Crippen LogP contribution in [-0.4, -0.2) is 11.4 Å². The highest BCUT2D eigenvalue weighted by Crippen LogP contribution is 2.10. The van der Waals surface area contributed by atoms with E-state index in [1.807, 2.05) is 0 Å². The molecule has 0 aliphatic heterocycles. The van der Waals surface area contributed by atoms with Gasteiger partial charge < -0.3 is 5.32 Å². The van der Waals surface area contributed by atoms with Gasteiger partial charge in [0.15, 0.2) is 11.6 Å². The molecule has 0 saturated carbocycles. The standard InChI is InChI=1S/C12H11F2NO/c1-4-12(2,3)15-11(16)8-5-6-9(13)10(14)7-8/h1,5-7H,2-3H3,(H,15,16). The van der Waals surface area contributed by atoms with Gasteiger partial charge in [-0.1, -0.05) is 5.92 Å². The number of benzene rings is 1. The van der Waals surface area contributed by atoms with E-state index in [2.05, 4.69) is 11.2 Å². The first-order valence-corrected chi connectivity index (χ1v) is 4.61. The Kier molecular flexibility index (Phi) is 3.28. The molecule has 0 aliphatic carbocycles. The van der Waals surface area contributed by atoms with E-state index < -0.39 is 23.1 Å². The average molecular weight is 223 g/mol. The molecule has 0 saturated heterocycles. The van der Waals surface area contributed by atoms with Crippen molar-refractivity contribution in [1.82, 2.24) is 5.32 Å². The minimum atomic E-state index is -1.06. The Labute approximate surface area is 92.7 Å². The lowest BCUT2D eigenvalue weighted by Crippen LogP contribution is -2.42. The largest absolute Gasteiger partial charge is 0.336 e. The summed E-state index contributed by atoms with van der Waals surface area (Å²) in [4.78, 5) is 11.6. The minimum absolute atomic E-state index is 0.0298. The molecule has 84 valence electrons. The maximum absolute atomic E-state index is 12.9. The number of nitrogens with one attached hydrogen (secondary N) is 1. The van der Waals surface area contributed by atoms with E-state index in [1.54, 1.807) is 13.8 Å². The van der Waals surface area contributed by atoms with E-state index in [4.69, 9.17) is 6.42 Å². The fourth-order valence-corrected chi connectivity index (χ4v) is 1.03. The summed E-state index contributed by atoms with van der Waals surface area (Å²) in [6, 6.07) is 2.92. The third-order valence-corrected chi connectivity index (χ3v) is 1.97. The third-order valence-electron chi connectivity index (χ3n) is 1.97. The van der Waals surface area contributed by atoms with Gasteiger partial charge in [0.25, 0.3) is 5.91 Å². The molecule has 2 nitrogen and oxygen atoms in total. The summed E-state index contributed by atoms with van der Waals surface area (Å²) in [7, 11) is 0. The van der Waals surface area contributed by atoms with Crippen LogP contribution in [0.4, 0.5) is 8.78 Å². The summed E-state index contributed by atoms with van der Waals surface area (Å²) in [5, 5.41) is 2.50. The summed E-state index contributed by atoms with van der Waals surface area (Å²) in [6.45, 7) is 3.26. The lowest BCUT2D eigenvalue weighted by molar-refractivity contribution is 0.0929. The van der Waals surface area contributed by atoms with Crippen LogP contribution in [0.5, 0.6) is 0 Å². The molecule has 16 heavy (non-hydrogen) atoms. The molecule has 0 heterocycles. The molecule has 1 amide bonds. The molecule has 0 spiro atoms. The maximum atomic E-state index is 12.9. The molecule has 0 bridgehead atoms. The number of hydrogen-bond donors (Lipinski definition) is 1. The molecule has 1 aromatic carbocycles. The summed E-state index contributed by atoms with van der Waals surface area (Å²) in [5.74, 6) is -0.228. The molecule has 1 rings (SSSR count). The predicted molar refractivity (Wildman–Crippen MR) is 56.7 cm³/mol. The van der Waals surface area contributed by atoms with Gasteiger partial charge in [0.1, 0.15) is 0 Å². The second-order valence-electron chi connectivity index (χ2n) is 3.85. The van der Waals surface area contributed by atoms with Crippen LogP contribution in [0.3, 0.4) is 0 Å². The van der Waals surface area contributed by atoms with Crippen molar-refractivity contribution in [3.63, 3.8) is 0 Å². The Bertz CT molecular complexity index is 461. The van der Waals surface area contributed by atoms with Gasteiger partial charge in [0.2, 0.25) is 0 Å². The van der Waals surface area contributed by atoms with Crippen molar-refractivity contribution in [3.8, 4) is 12.3 Å². The number of carbonyl (C=O) groups is 1. The Morgan fingerprint density at radius 2 is 2.00 bits per heavy atom. The van der Waals surface area contributed by atoms with Gasteiger partial charge in [-0.2, -0.15) is 0 Å². The zero-order valence-corrected chi connectivity index (χ0v) is 8.97. The van der Waals surface area contributed by atoms with Crippen molar-refractivity contribution in [2.24, 2.45) is 0 Å². The zero-order valence-electron chi connectivity index (χ0n) is 8.97. The molecular weight excluding hydrogens is 212 g/mol. The molecule has 0 aromatic heterocycles. The Balaban J connectivity index is 2.91. The Morgan fingerprint density at radius 1 is 1.38 bits per heavy atom. The summed E-state index contributed by atoms with van der Waals surface area (Å²) < 4.78 is 25.5. The van der Waals surface area contributed by atoms with Gasteiger partial charge in [0, 0.05) is 5.56 Å². The molecule has 0 unspecified atom stereocenters. The smallest absolute Gasteiger partial charge is 0.252 e. The lowest BCUT2D eigenvalue weighted by atomic mass is 10.1. The van der Waals surface area contributed by atoms with Crippen molar-refractivity contribution < 1.29 is 13.6 Å².